The third kappa shape index (κ3) is 5.15. The van der Waals surface area contributed by atoms with Gasteiger partial charge in [-0.3, -0.25) is 4.90 Å². The molecule has 1 heterocycles. The Morgan fingerprint density at radius 2 is 2.19 bits per heavy atom. The van der Waals surface area contributed by atoms with Gasteiger partial charge in [-0.15, -0.1) is 0 Å². The molecule has 1 fully saturated rings. The number of carboxylic acid groups (broad SMARTS) is 1. The third-order valence-electron chi connectivity index (χ3n) is 3.16. The van der Waals surface area contributed by atoms with Crippen LogP contribution in [-0.2, 0) is 9.53 Å². The van der Waals surface area contributed by atoms with E-state index in [2.05, 4.69) is 20.8 Å². The van der Waals surface area contributed by atoms with Crippen LogP contribution in [0.15, 0.2) is 28.7 Å². The normalized spacial score (nSPS) is 16.2. The van der Waals surface area contributed by atoms with E-state index in [1.54, 1.807) is 0 Å². The second-order valence-corrected chi connectivity index (χ2v) is 5.49. The molecule has 0 amide bonds. The first-order valence-electron chi connectivity index (χ1n) is 6.79. The Kier molecular flexibility index (Phi) is 6.22. The van der Waals surface area contributed by atoms with Crippen LogP contribution in [0, 0.1) is 0 Å². The molecule has 0 unspecified atom stereocenters. The SMILES string of the molecule is O=C(O)/C=C/c1cccc(Br)c1OCCN1CCOCC1. The number of morpholine rings is 1. The molecule has 5 nitrogen and oxygen atoms in total. The Labute approximate surface area is 132 Å². The lowest BCUT2D eigenvalue weighted by molar-refractivity contribution is -0.131. The minimum Gasteiger partial charge on any atom is -0.490 e. The smallest absolute Gasteiger partial charge is 0.328 e. The van der Waals surface area contributed by atoms with Gasteiger partial charge in [0.25, 0.3) is 0 Å². The molecule has 1 aliphatic heterocycles. The second-order valence-electron chi connectivity index (χ2n) is 4.63. The van der Waals surface area contributed by atoms with Crippen molar-refractivity contribution in [3.8, 4) is 5.75 Å². The van der Waals surface area contributed by atoms with Crippen molar-refractivity contribution >= 4 is 28.0 Å². The predicted molar refractivity (Wildman–Crippen MR) is 83.6 cm³/mol. The molecule has 6 heteroatoms. The maximum atomic E-state index is 10.6. The van der Waals surface area contributed by atoms with Crippen LogP contribution in [0.1, 0.15) is 5.56 Å². The second kappa shape index (κ2) is 8.17. The largest absolute Gasteiger partial charge is 0.490 e. The molecule has 0 radical (unpaired) electrons. The summed E-state index contributed by atoms with van der Waals surface area (Å²) in [5.74, 6) is -0.308. The van der Waals surface area contributed by atoms with Crippen LogP contribution in [0.2, 0.25) is 0 Å². The van der Waals surface area contributed by atoms with E-state index in [1.165, 1.54) is 6.08 Å². The lowest BCUT2D eigenvalue weighted by Gasteiger charge is -2.26. The number of hydrogen-bond donors (Lipinski definition) is 1. The first-order chi connectivity index (χ1) is 10.2. The number of aliphatic carboxylic acids is 1. The summed E-state index contributed by atoms with van der Waals surface area (Å²) >= 11 is 3.44. The fourth-order valence-corrected chi connectivity index (χ4v) is 2.57. The zero-order chi connectivity index (χ0) is 15.1. The van der Waals surface area contributed by atoms with Gasteiger partial charge in [-0.05, 0) is 28.1 Å². The number of carbonyl (C=O) groups is 1. The number of carboxylic acids is 1. The van der Waals surface area contributed by atoms with Crippen molar-refractivity contribution in [3.05, 3.63) is 34.3 Å². The van der Waals surface area contributed by atoms with E-state index in [0.29, 0.717) is 12.4 Å². The van der Waals surface area contributed by atoms with Crippen LogP contribution in [0.4, 0.5) is 0 Å². The van der Waals surface area contributed by atoms with Crippen LogP contribution >= 0.6 is 15.9 Å². The minimum absolute atomic E-state index is 0.552. The summed E-state index contributed by atoms with van der Waals surface area (Å²) in [4.78, 5) is 12.9. The Balaban J connectivity index is 1.96. The fraction of sp³-hybridized carbons (Fsp3) is 0.400. The lowest BCUT2D eigenvalue weighted by Crippen LogP contribution is -2.38. The van der Waals surface area contributed by atoms with Crippen LogP contribution in [0.5, 0.6) is 5.75 Å². The van der Waals surface area contributed by atoms with Crippen molar-refractivity contribution in [2.75, 3.05) is 39.5 Å². The van der Waals surface area contributed by atoms with Crippen molar-refractivity contribution in [2.45, 2.75) is 0 Å². The molecule has 114 valence electrons. The number of rotatable bonds is 6. The van der Waals surface area contributed by atoms with E-state index in [4.69, 9.17) is 14.6 Å². The minimum atomic E-state index is -0.978. The summed E-state index contributed by atoms with van der Waals surface area (Å²) in [6, 6.07) is 5.55. The van der Waals surface area contributed by atoms with Gasteiger partial charge in [0.2, 0.25) is 0 Å². The number of ether oxygens (including phenoxy) is 2. The quantitative estimate of drug-likeness (QED) is 0.793. The van der Waals surface area contributed by atoms with E-state index in [0.717, 1.165) is 49.0 Å². The lowest BCUT2D eigenvalue weighted by atomic mass is 10.2. The van der Waals surface area contributed by atoms with Crippen molar-refractivity contribution in [1.82, 2.24) is 4.90 Å². The number of nitrogens with zero attached hydrogens (tertiary/aromatic N) is 1. The molecule has 1 saturated heterocycles. The number of benzene rings is 1. The van der Waals surface area contributed by atoms with Gasteiger partial charge in [-0.2, -0.15) is 0 Å². The summed E-state index contributed by atoms with van der Waals surface area (Å²) in [5.41, 5.74) is 0.744. The highest BCUT2D eigenvalue weighted by Crippen LogP contribution is 2.30. The van der Waals surface area contributed by atoms with E-state index >= 15 is 0 Å². The molecule has 21 heavy (non-hydrogen) atoms. The summed E-state index contributed by atoms with van der Waals surface area (Å²) in [5, 5.41) is 8.72. The van der Waals surface area contributed by atoms with Crippen LogP contribution < -0.4 is 4.74 Å². The average molecular weight is 356 g/mol. The molecule has 1 aromatic carbocycles. The predicted octanol–water partition coefficient (Wildman–Crippen LogP) is 2.26. The first kappa shape index (κ1) is 16.0. The summed E-state index contributed by atoms with van der Waals surface area (Å²) in [6.07, 6.45) is 2.65. The molecular formula is C15H18BrNO4. The van der Waals surface area contributed by atoms with Gasteiger partial charge < -0.3 is 14.6 Å². The fourth-order valence-electron chi connectivity index (χ4n) is 2.07. The highest BCUT2D eigenvalue weighted by Gasteiger charge is 2.11. The number of hydrogen-bond acceptors (Lipinski definition) is 4. The highest BCUT2D eigenvalue weighted by atomic mass is 79.9. The third-order valence-corrected chi connectivity index (χ3v) is 3.78. The van der Waals surface area contributed by atoms with Crippen molar-refractivity contribution < 1.29 is 19.4 Å². The zero-order valence-electron chi connectivity index (χ0n) is 11.6. The molecule has 1 aromatic rings. The van der Waals surface area contributed by atoms with Gasteiger partial charge in [0.1, 0.15) is 12.4 Å². The van der Waals surface area contributed by atoms with Gasteiger partial charge in [0.15, 0.2) is 0 Å². The molecule has 0 spiro atoms. The van der Waals surface area contributed by atoms with Crippen molar-refractivity contribution in [1.29, 1.82) is 0 Å². The molecule has 2 rings (SSSR count). The number of para-hydroxylation sites is 1. The van der Waals surface area contributed by atoms with Crippen molar-refractivity contribution in [2.24, 2.45) is 0 Å². The van der Waals surface area contributed by atoms with E-state index in [9.17, 15) is 4.79 Å². The Hall–Kier alpha value is -1.37. The Bertz CT molecular complexity index is 512. The van der Waals surface area contributed by atoms with Gasteiger partial charge in [0.05, 0.1) is 17.7 Å². The van der Waals surface area contributed by atoms with Crippen LogP contribution in [0.25, 0.3) is 6.08 Å². The number of halogens is 1. The maximum Gasteiger partial charge on any atom is 0.328 e. The van der Waals surface area contributed by atoms with E-state index < -0.39 is 5.97 Å². The molecular weight excluding hydrogens is 338 g/mol. The zero-order valence-corrected chi connectivity index (χ0v) is 13.2. The molecule has 0 bridgehead atoms. The van der Waals surface area contributed by atoms with E-state index in [-0.39, 0.29) is 0 Å². The monoisotopic (exact) mass is 355 g/mol. The summed E-state index contributed by atoms with van der Waals surface area (Å²) in [6.45, 7) is 4.75. The van der Waals surface area contributed by atoms with Crippen LogP contribution in [-0.4, -0.2) is 55.4 Å². The molecule has 0 saturated carbocycles. The Morgan fingerprint density at radius 3 is 2.90 bits per heavy atom. The van der Waals surface area contributed by atoms with Crippen LogP contribution in [0.3, 0.4) is 0 Å². The van der Waals surface area contributed by atoms with E-state index in [1.807, 2.05) is 18.2 Å². The Morgan fingerprint density at radius 1 is 1.43 bits per heavy atom. The van der Waals surface area contributed by atoms with Gasteiger partial charge in [-0.1, -0.05) is 12.1 Å². The summed E-state index contributed by atoms with van der Waals surface area (Å²) in [7, 11) is 0. The first-order valence-corrected chi connectivity index (χ1v) is 7.58. The van der Waals surface area contributed by atoms with Gasteiger partial charge >= 0.3 is 5.97 Å². The summed E-state index contributed by atoms with van der Waals surface area (Å²) < 4.78 is 11.9. The molecule has 0 aromatic heterocycles. The molecule has 1 aliphatic rings. The average Bonchev–Trinajstić information content (AvgIpc) is 2.48. The van der Waals surface area contributed by atoms with Crippen molar-refractivity contribution in [3.63, 3.8) is 0 Å². The standard InChI is InChI=1S/C15H18BrNO4/c16-13-3-1-2-12(4-5-14(18)19)15(13)21-11-8-17-6-9-20-10-7-17/h1-5H,6-11H2,(H,18,19)/b5-4+. The van der Waals surface area contributed by atoms with Gasteiger partial charge in [0, 0.05) is 31.3 Å². The molecule has 0 aliphatic carbocycles. The molecule has 0 atom stereocenters. The molecule has 1 N–H and O–H groups in total. The topological polar surface area (TPSA) is 59.0 Å². The highest BCUT2D eigenvalue weighted by molar-refractivity contribution is 9.10. The maximum absolute atomic E-state index is 10.6. The van der Waals surface area contributed by atoms with Gasteiger partial charge in [-0.25, -0.2) is 4.79 Å².